The van der Waals surface area contributed by atoms with Gasteiger partial charge in [-0.15, -0.1) is 0 Å². The van der Waals surface area contributed by atoms with Crippen molar-refractivity contribution in [3.63, 3.8) is 0 Å². The number of hydrogen-bond donors (Lipinski definition) is 2. The summed E-state index contributed by atoms with van der Waals surface area (Å²) in [5, 5.41) is 13.3. The number of ether oxygens (including phenoxy) is 1. The summed E-state index contributed by atoms with van der Waals surface area (Å²) in [5.74, 6) is 0. The molecule has 4 nitrogen and oxygen atoms in total. The average molecular weight is 286 g/mol. The van der Waals surface area contributed by atoms with Gasteiger partial charge in [0.15, 0.2) is 0 Å². The van der Waals surface area contributed by atoms with E-state index in [9.17, 15) is 5.11 Å². The lowest BCUT2D eigenvalue weighted by atomic mass is 9.91. The van der Waals surface area contributed by atoms with Crippen molar-refractivity contribution in [2.45, 2.75) is 84.2 Å². The Morgan fingerprint density at radius 2 is 2.05 bits per heavy atom. The molecule has 0 spiro atoms. The predicted molar refractivity (Wildman–Crippen MR) is 84.0 cm³/mol. The van der Waals surface area contributed by atoms with Crippen LogP contribution in [0, 0.1) is 0 Å². The van der Waals surface area contributed by atoms with Gasteiger partial charge in [0.2, 0.25) is 0 Å². The summed E-state index contributed by atoms with van der Waals surface area (Å²) >= 11 is 0. The lowest BCUT2D eigenvalue weighted by molar-refractivity contribution is -0.0751. The van der Waals surface area contributed by atoms with Gasteiger partial charge in [-0.05, 0) is 33.6 Å². The second-order valence-electron chi connectivity index (χ2n) is 6.97. The number of hydrogen-bond acceptors (Lipinski definition) is 4. The van der Waals surface area contributed by atoms with Crippen molar-refractivity contribution in [1.29, 1.82) is 0 Å². The molecule has 0 bridgehead atoms. The highest BCUT2D eigenvalue weighted by atomic mass is 16.5. The van der Waals surface area contributed by atoms with Gasteiger partial charge in [-0.2, -0.15) is 0 Å². The minimum Gasteiger partial charge on any atom is -0.394 e. The normalized spacial score (nSPS) is 29.4. The average Bonchev–Trinajstić information content (AvgIpc) is 2.37. The molecule has 0 radical (unpaired) electrons. The molecule has 0 aromatic heterocycles. The zero-order valence-corrected chi connectivity index (χ0v) is 14.1. The molecule has 4 atom stereocenters. The summed E-state index contributed by atoms with van der Waals surface area (Å²) in [7, 11) is 0. The van der Waals surface area contributed by atoms with Gasteiger partial charge in [-0.3, -0.25) is 4.90 Å². The molecule has 120 valence electrons. The van der Waals surface area contributed by atoms with Crippen molar-refractivity contribution >= 4 is 0 Å². The third-order valence-electron chi connectivity index (χ3n) is 4.28. The van der Waals surface area contributed by atoms with E-state index in [1.54, 1.807) is 0 Å². The molecule has 1 saturated heterocycles. The number of aliphatic hydroxyl groups excluding tert-OH is 1. The summed E-state index contributed by atoms with van der Waals surface area (Å²) in [5.41, 5.74) is -0.215. The molecule has 4 unspecified atom stereocenters. The molecule has 1 aliphatic rings. The molecular weight excluding hydrogens is 252 g/mol. The van der Waals surface area contributed by atoms with Crippen molar-refractivity contribution in [3.8, 4) is 0 Å². The van der Waals surface area contributed by atoms with Gasteiger partial charge in [-0.25, -0.2) is 0 Å². The van der Waals surface area contributed by atoms with Crippen LogP contribution in [0.3, 0.4) is 0 Å². The van der Waals surface area contributed by atoms with Crippen molar-refractivity contribution in [2.24, 2.45) is 0 Å². The fourth-order valence-corrected chi connectivity index (χ4v) is 3.40. The predicted octanol–water partition coefficient (Wildman–Crippen LogP) is 2.01. The maximum atomic E-state index is 9.75. The summed E-state index contributed by atoms with van der Waals surface area (Å²) < 4.78 is 5.78. The molecule has 20 heavy (non-hydrogen) atoms. The third-order valence-corrected chi connectivity index (χ3v) is 4.28. The summed E-state index contributed by atoms with van der Waals surface area (Å²) in [6, 6.07) is 1.32. The van der Waals surface area contributed by atoms with Crippen LogP contribution in [0.4, 0.5) is 0 Å². The quantitative estimate of drug-likeness (QED) is 0.751. The second-order valence-corrected chi connectivity index (χ2v) is 6.97. The standard InChI is InChI=1S/C16H34N2O2/c1-7-15-10-20-14(5)9-18(15)13(4)8-16(6,11-19)17-12(2)3/h12-15,17,19H,7-11H2,1-6H3. The van der Waals surface area contributed by atoms with Gasteiger partial charge < -0.3 is 15.2 Å². The highest BCUT2D eigenvalue weighted by Crippen LogP contribution is 2.23. The second kappa shape index (κ2) is 7.74. The molecule has 0 amide bonds. The Kier molecular flexibility index (Phi) is 6.92. The van der Waals surface area contributed by atoms with E-state index in [4.69, 9.17) is 4.74 Å². The fourth-order valence-electron chi connectivity index (χ4n) is 3.40. The molecular formula is C16H34N2O2. The maximum absolute atomic E-state index is 9.75. The van der Waals surface area contributed by atoms with Crippen molar-refractivity contribution in [1.82, 2.24) is 10.2 Å². The van der Waals surface area contributed by atoms with Crippen molar-refractivity contribution in [2.75, 3.05) is 19.8 Å². The molecule has 1 aliphatic heterocycles. The SMILES string of the molecule is CCC1COC(C)CN1C(C)CC(C)(CO)NC(C)C. The first-order chi connectivity index (χ1) is 9.31. The van der Waals surface area contributed by atoms with Crippen LogP contribution >= 0.6 is 0 Å². The molecule has 0 aromatic carbocycles. The van der Waals surface area contributed by atoms with E-state index in [2.05, 4.69) is 51.8 Å². The van der Waals surface area contributed by atoms with E-state index in [0.29, 0.717) is 24.2 Å². The van der Waals surface area contributed by atoms with Crippen LogP contribution in [0.1, 0.15) is 54.4 Å². The van der Waals surface area contributed by atoms with Gasteiger partial charge in [0.25, 0.3) is 0 Å². The van der Waals surface area contributed by atoms with Crippen LogP contribution < -0.4 is 5.32 Å². The fraction of sp³-hybridized carbons (Fsp3) is 1.00. The summed E-state index contributed by atoms with van der Waals surface area (Å²) in [4.78, 5) is 2.56. The van der Waals surface area contributed by atoms with Crippen LogP contribution in [0.15, 0.2) is 0 Å². The first kappa shape index (κ1) is 17.9. The Labute approximate surface area is 124 Å². The Morgan fingerprint density at radius 3 is 2.55 bits per heavy atom. The van der Waals surface area contributed by atoms with Gasteiger partial charge >= 0.3 is 0 Å². The zero-order chi connectivity index (χ0) is 15.3. The first-order valence-corrected chi connectivity index (χ1v) is 8.07. The van der Waals surface area contributed by atoms with Crippen LogP contribution in [0.2, 0.25) is 0 Å². The summed E-state index contributed by atoms with van der Waals surface area (Å²) in [6.45, 7) is 15.0. The van der Waals surface area contributed by atoms with Crippen LogP contribution in [0.5, 0.6) is 0 Å². The Hall–Kier alpha value is -0.160. The van der Waals surface area contributed by atoms with Crippen molar-refractivity contribution < 1.29 is 9.84 Å². The molecule has 4 heteroatoms. The monoisotopic (exact) mass is 286 g/mol. The number of aliphatic hydroxyl groups is 1. The topological polar surface area (TPSA) is 44.7 Å². The minimum atomic E-state index is -0.215. The Balaban J connectivity index is 2.68. The summed E-state index contributed by atoms with van der Waals surface area (Å²) in [6.07, 6.45) is 2.37. The number of rotatable bonds is 7. The van der Waals surface area contributed by atoms with Gasteiger partial charge in [0.1, 0.15) is 0 Å². The number of nitrogens with one attached hydrogen (secondary N) is 1. The highest BCUT2D eigenvalue weighted by molar-refractivity contribution is 4.91. The lowest BCUT2D eigenvalue weighted by Gasteiger charge is -2.45. The number of morpholine rings is 1. The molecule has 1 fully saturated rings. The molecule has 0 aromatic rings. The first-order valence-electron chi connectivity index (χ1n) is 8.07. The highest BCUT2D eigenvalue weighted by Gasteiger charge is 2.34. The van der Waals surface area contributed by atoms with Crippen molar-refractivity contribution in [3.05, 3.63) is 0 Å². The van der Waals surface area contributed by atoms with Gasteiger partial charge in [0, 0.05) is 30.2 Å². The van der Waals surface area contributed by atoms with E-state index in [1.807, 2.05) is 0 Å². The van der Waals surface area contributed by atoms with E-state index < -0.39 is 0 Å². The van der Waals surface area contributed by atoms with Crippen LogP contribution in [-0.4, -0.2) is 59.5 Å². The van der Waals surface area contributed by atoms with E-state index in [1.165, 1.54) is 0 Å². The molecule has 2 N–H and O–H groups in total. The van der Waals surface area contributed by atoms with Crippen LogP contribution in [-0.2, 0) is 4.74 Å². The largest absolute Gasteiger partial charge is 0.394 e. The van der Waals surface area contributed by atoms with E-state index >= 15 is 0 Å². The van der Waals surface area contributed by atoms with E-state index in [-0.39, 0.29) is 12.1 Å². The minimum absolute atomic E-state index is 0.173. The molecule has 1 rings (SSSR count). The van der Waals surface area contributed by atoms with E-state index in [0.717, 1.165) is 26.0 Å². The Morgan fingerprint density at radius 1 is 1.40 bits per heavy atom. The Bertz CT molecular complexity index is 286. The molecule has 0 aliphatic carbocycles. The zero-order valence-electron chi connectivity index (χ0n) is 14.1. The molecule has 0 saturated carbocycles. The smallest absolute Gasteiger partial charge is 0.0674 e. The van der Waals surface area contributed by atoms with Gasteiger partial charge in [-0.1, -0.05) is 20.8 Å². The van der Waals surface area contributed by atoms with Gasteiger partial charge in [0.05, 0.1) is 19.3 Å². The molecule has 1 heterocycles. The lowest BCUT2D eigenvalue weighted by Crippen LogP contribution is -2.57. The maximum Gasteiger partial charge on any atom is 0.0674 e. The number of nitrogens with zero attached hydrogens (tertiary/aromatic N) is 1. The van der Waals surface area contributed by atoms with Crippen LogP contribution in [0.25, 0.3) is 0 Å². The third kappa shape index (κ3) is 4.99.